The van der Waals surface area contributed by atoms with Gasteiger partial charge in [-0.15, -0.1) is 0 Å². The van der Waals surface area contributed by atoms with Crippen molar-refractivity contribution < 1.29 is 9.90 Å². The highest BCUT2D eigenvalue weighted by Crippen LogP contribution is 2.24. The van der Waals surface area contributed by atoms with Crippen LogP contribution in [0, 0.1) is 0 Å². The zero-order chi connectivity index (χ0) is 24.4. The van der Waals surface area contributed by atoms with Crippen LogP contribution in [-0.2, 0) is 19.4 Å². The molecule has 5 rings (SSSR count). The molecular weight excluding hydrogens is 438 g/mol. The zero-order valence-electron chi connectivity index (χ0n) is 20.7. The van der Waals surface area contributed by atoms with Crippen LogP contribution in [0.3, 0.4) is 0 Å². The lowest BCUT2D eigenvalue weighted by molar-refractivity contribution is 0.0491. The largest absolute Gasteiger partial charge is 0.390 e. The van der Waals surface area contributed by atoms with E-state index in [-0.39, 0.29) is 5.91 Å². The first-order valence-corrected chi connectivity index (χ1v) is 12.9. The minimum Gasteiger partial charge on any atom is -0.390 e. The van der Waals surface area contributed by atoms with Gasteiger partial charge in [0.05, 0.1) is 29.2 Å². The molecule has 2 aromatic rings. The van der Waals surface area contributed by atoms with Crippen LogP contribution in [0.1, 0.15) is 46.9 Å². The molecule has 0 aliphatic carbocycles. The Kier molecular flexibility index (Phi) is 7.07. The maximum atomic E-state index is 13.3. The molecule has 1 fully saturated rings. The van der Waals surface area contributed by atoms with Gasteiger partial charge in [0.25, 0.3) is 5.91 Å². The standard InChI is InChI=1S/C28H37N5O2/c1-20(2)32-12-8-23(9-13-32)30-24-15-26-27(29-16-24)10-14-33(28(26)35)19-25(34)18-31-11-7-21-5-3-4-6-22(21)17-31/h3-6,15-16,23,25,30,34H,1,7-14,17-19H2,2H3. The Morgan fingerprint density at radius 3 is 2.69 bits per heavy atom. The topological polar surface area (TPSA) is 71.9 Å². The molecule has 0 spiro atoms. The number of aromatic nitrogens is 1. The van der Waals surface area contributed by atoms with Gasteiger partial charge in [0.2, 0.25) is 0 Å². The third kappa shape index (κ3) is 5.52. The predicted octanol–water partition coefficient (Wildman–Crippen LogP) is 2.91. The average molecular weight is 476 g/mol. The quantitative estimate of drug-likeness (QED) is 0.642. The minimum absolute atomic E-state index is 0.0254. The fraction of sp³-hybridized carbons (Fsp3) is 0.500. The number of fused-ring (bicyclic) bond motifs is 2. The maximum Gasteiger partial charge on any atom is 0.255 e. The van der Waals surface area contributed by atoms with E-state index in [1.165, 1.54) is 11.1 Å². The molecule has 1 atom stereocenters. The number of amides is 1. The fourth-order valence-corrected chi connectivity index (χ4v) is 5.60. The lowest BCUT2D eigenvalue weighted by Crippen LogP contribution is -2.46. The number of nitrogens with zero attached hydrogens (tertiary/aromatic N) is 4. The Morgan fingerprint density at radius 1 is 1.14 bits per heavy atom. The van der Waals surface area contributed by atoms with E-state index in [1.807, 2.05) is 12.3 Å². The molecule has 186 valence electrons. The van der Waals surface area contributed by atoms with Crippen LogP contribution in [0.25, 0.3) is 0 Å². The van der Waals surface area contributed by atoms with Crippen molar-refractivity contribution in [3.8, 4) is 0 Å². The van der Waals surface area contributed by atoms with Crippen molar-refractivity contribution in [2.45, 2.75) is 51.3 Å². The second kappa shape index (κ2) is 10.4. The van der Waals surface area contributed by atoms with E-state index in [9.17, 15) is 9.90 Å². The van der Waals surface area contributed by atoms with Crippen LogP contribution in [-0.4, -0.2) is 82.1 Å². The summed E-state index contributed by atoms with van der Waals surface area (Å²) in [6.45, 7) is 11.4. The second-order valence-corrected chi connectivity index (χ2v) is 10.3. The van der Waals surface area contributed by atoms with Crippen LogP contribution in [0.15, 0.2) is 48.8 Å². The van der Waals surface area contributed by atoms with Gasteiger partial charge >= 0.3 is 0 Å². The molecule has 0 saturated carbocycles. The molecular formula is C28H37N5O2. The van der Waals surface area contributed by atoms with Crippen molar-refractivity contribution in [3.05, 3.63) is 71.2 Å². The van der Waals surface area contributed by atoms with E-state index in [2.05, 4.69) is 57.9 Å². The van der Waals surface area contributed by atoms with Gasteiger partial charge in [-0.1, -0.05) is 30.8 Å². The van der Waals surface area contributed by atoms with E-state index in [0.717, 1.165) is 68.9 Å². The summed E-state index contributed by atoms with van der Waals surface area (Å²) >= 11 is 0. The lowest BCUT2D eigenvalue weighted by Gasteiger charge is -2.35. The molecule has 0 radical (unpaired) electrons. The molecule has 1 unspecified atom stereocenters. The van der Waals surface area contributed by atoms with Crippen molar-refractivity contribution in [2.75, 3.05) is 44.6 Å². The summed E-state index contributed by atoms with van der Waals surface area (Å²) in [4.78, 5) is 24.3. The monoisotopic (exact) mass is 475 g/mol. The number of allylic oxidation sites excluding steroid dienone is 1. The molecule has 3 aliphatic heterocycles. The van der Waals surface area contributed by atoms with Gasteiger partial charge < -0.3 is 20.2 Å². The Bertz CT molecular complexity index is 1080. The molecule has 35 heavy (non-hydrogen) atoms. The minimum atomic E-state index is -0.571. The van der Waals surface area contributed by atoms with E-state index in [0.29, 0.717) is 31.2 Å². The summed E-state index contributed by atoms with van der Waals surface area (Å²) in [5, 5.41) is 14.4. The summed E-state index contributed by atoms with van der Waals surface area (Å²) in [6, 6.07) is 10.8. The highest BCUT2D eigenvalue weighted by atomic mass is 16.3. The van der Waals surface area contributed by atoms with Gasteiger partial charge in [0.1, 0.15) is 0 Å². The number of nitrogens with one attached hydrogen (secondary N) is 1. The lowest BCUT2D eigenvalue weighted by atomic mass is 9.99. The van der Waals surface area contributed by atoms with Crippen molar-refractivity contribution in [2.24, 2.45) is 0 Å². The molecule has 1 saturated heterocycles. The van der Waals surface area contributed by atoms with Crippen LogP contribution in [0.4, 0.5) is 5.69 Å². The molecule has 3 aliphatic rings. The number of β-amino-alcohol motifs (C(OH)–C–C–N with tert-alkyl or cyclic N) is 1. The summed E-state index contributed by atoms with van der Waals surface area (Å²) in [6.07, 6.45) is 5.09. The summed E-state index contributed by atoms with van der Waals surface area (Å²) < 4.78 is 0. The first-order chi connectivity index (χ1) is 17.0. The number of carbonyl (C=O) groups excluding carboxylic acids is 1. The van der Waals surface area contributed by atoms with Gasteiger partial charge in [-0.05, 0) is 43.4 Å². The molecule has 2 N–H and O–H groups in total. The first kappa shape index (κ1) is 23.8. The Morgan fingerprint density at radius 2 is 1.91 bits per heavy atom. The zero-order valence-corrected chi connectivity index (χ0v) is 20.7. The normalized spacial score (nSPS) is 19.8. The molecule has 1 aromatic heterocycles. The number of aliphatic hydroxyl groups is 1. The average Bonchev–Trinajstić information content (AvgIpc) is 2.86. The van der Waals surface area contributed by atoms with E-state index in [4.69, 9.17) is 0 Å². The number of aliphatic hydroxyl groups excluding tert-OH is 1. The third-order valence-electron chi connectivity index (χ3n) is 7.62. The van der Waals surface area contributed by atoms with Gasteiger partial charge in [0, 0.05) is 64.0 Å². The number of anilines is 1. The van der Waals surface area contributed by atoms with Crippen molar-refractivity contribution in [1.29, 1.82) is 0 Å². The number of piperidine rings is 1. The predicted molar refractivity (Wildman–Crippen MR) is 138 cm³/mol. The molecule has 4 heterocycles. The molecule has 7 nitrogen and oxygen atoms in total. The molecule has 1 amide bonds. The Balaban J connectivity index is 1.17. The fourth-order valence-electron chi connectivity index (χ4n) is 5.60. The molecule has 0 bridgehead atoms. The van der Waals surface area contributed by atoms with Crippen LogP contribution < -0.4 is 5.32 Å². The van der Waals surface area contributed by atoms with Gasteiger partial charge in [-0.25, -0.2) is 0 Å². The maximum absolute atomic E-state index is 13.3. The number of benzene rings is 1. The second-order valence-electron chi connectivity index (χ2n) is 10.3. The number of rotatable bonds is 7. The SMILES string of the molecule is C=C(C)N1CCC(Nc2cnc3c(c2)C(=O)N(CC(O)CN2CCc4ccccc4C2)CC3)CC1. The number of likely N-dealkylation sites (tertiary alicyclic amines) is 1. The number of carbonyl (C=O) groups is 1. The van der Waals surface area contributed by atoms with Gasteiger partial charge in [-0.2, -0.15) is 0 Å². The summed E-state index contributed by atoms with van der Waals surface area (Å²) in [7, 11) is 0. The van der Waals surface area contributed by atoms with Gasteiger partial charge in [-0.3, -0.25) is 14.7 Å². The Labute approximate surface area is 208 Å². The van der Waals surface area contributed by atoms with Crippen molar-refractivity contribution in [3.63, 3.8) is 0 Å². The van der Waals surface area contributed by atoms with Crippen molar-refractivity contribution in [1.82, 2.24) is 19.7 Å². The summed E-state index contributed by atoms with van der Waals surface area (Å²) in [5.41, 5.74) is 6.29. The van der Waals surface area contributed by atoms with E-state index >= 15 is 0 Å². The van der Waals surface area contributed by atoms with Gasteiger partial charge in [0.15, 0.2) is 0 Å². The van der Waals surface area contributed by atoms with Crippen LogP contribution >= 0.6 is 0 Å². The third-order valence-corrected chi connectivity index (χ3v) is 7.62. The number of hydrogen-bond acceptors (Lipinski definition) is 6. The number of pyridine rings is 1. The molecule has 7 heteroatoms. The van der Waals surface area contributed by atoms with Crippen LogP contribution in [0.2, 0.25) is 0 Å². The Hall–Kier alpha value is -2.90. The number of hydrogen-bond donors (Lipinski definition) is 2. The van der Waals surface area contributed by atoms with Crippen molar-refractivity contribution >= 4 is 11.6 Å². The smallest absolute Gasteiger partial charge is 0.255 e. The highest BCUT2D eigenvalue weighted by molar-refractivity contribution is 5.97. The highest BCUT2D eigenvalue weighted by Gasteiger charge is 2.29. The van der Waals surface area contributed by atoms with E-state index in [1.54, 1.807) is 4.90 Å². The van der Waals surface area contributed by atoms with E-state index < -0.39 is 6.10 Å². The van der Waals surface area contributed by atoms with Crippen LogP contribution in [0.5, 0.6) is 0 Å². The molecule has 1 aromatic carbocycles. The summed E-state index contributed by atoms with van der Waals surface area (Å²) in [5.74, 6) is -0.0254. The first-order valence-electron chi connectivity index (χ1n) is 12.9.